The number of thioether (sulfide) groups is 1. The van der Waals surface area contributed by atoms with Crippen LogP contribution in [-0.4, -0.2) is 63.8 Å². The molecule has 144 valence electrons. The zero-order valence-corrected chi connectivity index (χ0v) is 15.2. The molecule has 2 heterocycles. The predicted octanol–water partition coefficient (Wildman–Crippen LogP) is -0.223. The number of fused-ring (bicyclic) bond motifs is 1. The third-order valence-electron chi connectivity index (χ3n) is 4.40. The highest BCUT2D eigenvalue weighted by Gasteiger charge is 2.54. The molecule has 1 aromatic carbocycles. The van der Waals surface area contributed by atoms with Gasteiger partial charge in [-0.2, -0.15) is 0 Å². The van der Waals surface area contributed by atoms with Crippen molar-refractivity contribution in [2.24, 2.45) is 5.73 Å². The number of ether oxygens (including phenoxy) is 1. The third-order valence-corrected chi connectivity index (χ3v) is 5.74. The number of carboxylic acids is 1. The van der Waals surface area contributed by atoms with Crippen molar-refractivity contribution in [3.8, 4) is 5.75 Å². The van der Waals surface area contributed by atoms with E-state index in [1.54, 1.807) is 0 Å². The Bertz CT molecular complexity index is 809. The molecule has 3 atom stereocenters. The Morgan fingerprint density at radius 1 is 1.41 bits per heavy atom. The van der Waals surface area contributed by atoms with Gasteiger partial charge in [0.15, 0.2) is 0 Å². The lowest BCUT2D eigenvalue weighted by Gasteiger charge is -2.49. The van der Waals surface area contributed by atoms with Crippen LogP contribution >= 0.6 is 11.8 Å². The second-order valence-electron chi connectivity index (χ2n) is 6.16. The van der Waals surface area contributed by atoms with Gasteiger partial charge in [-0.25, -0.2) is 4.79 Å². The second kappa shape index (κ2) is 7.59. The smallest absolute Gasteiger partial charge is 0.352 e. The summed E-state index contributed by atoms with van der Waals surface area (Å²) in [5.41, 5.74) is 6.84. The highest BCUT2D eigenvalue weighted by Crippen LogP contribution is 2.40. The maximum atomic E-state index is 12.5. The molecule has 27 heavy (non-hydrogen) atoms. The number of aromatic hydroxyl groups is 1. The van der Waals surface area contributed by atoms with Gasteiger partial charge in [0.2, 0.25) is 5.91 Å². The van der Waals surface area contributed by atoms with E-state index < -0.39 is 35.2 Å². The van der Waals surface area contributed by atoms with Gasteiger partial charge >= 0.3 is 5.97 Å². The van der Waals surface area contributed by atoms with Gasteiger partial charge in [0.25, 0.3) is 5.91 Å². The zero-order chi connectivity index (χ0) is 19.7. The minimum absolute atomic E-state index is 0.0506. The molecular weight excluding hydrogens is 374 g/mol. The number of rotatable bonds is 6. The number of nitrogens with one attached hydrogen (secondary N) is 1. The van der Waals surface area contributed by atoms with E-state index in [2.05, 4.69) is 5.32 Å². The molecule has 0 radical (unpaired) electrons. The predicted molar refractivity (Wildman–Crippen MR) is 96.6 cm³/mol. The molecule has 0 spiro atoms. The number of hydrogen-bond acceptors (Lipinski definition) is 7. The summed E-state index contributed by atoms with van der Waals surface area (Å²) in [6, 6.07) is 4.01. The zero-order valence-electron chi connectivity index (χ0n) is 14.4. The van der Waals surface area contributed by atoms with E-state index in [9.17, 15) is 24.6 Å². The van der Waals surface area contributed by atoms with Crippen LogP contribution in [0.2, 0.25) is 0 Å². The van der Waals surface area contributed by atoms with Gasteiger partial charge in [0.05, 0.1) is 6.61 Å². The summed E-state index contributed by atoms with van der Waals surface area (Å²) in [7, 11) is 1.45. The Balaban J connectivity index is 1.72. The van der Waals surface area contributed by atoms with Crippen molar-refractivity contribution in [1.29, 1.82) is 0 Å². The average Bonchev–Trinajstić information content (AvgIpc) is 2.65. The number of carbonyl (C=O) groups is 3. The first kappa shape index (κ1) is 19.2. The van der Waals surface area contributed by atoms with Crippen LogP contribution in [0.4, 0.5) is 0 Å². The second-order valence-corrected chi connectivity index (χ2v) is 7.26. The number of nitrogens with zero attached hydrogens (tertiary/aromatic N) is 1. The maximum Gasteiger partial charge on any atom is 0.352 e. The molecule has 10 heteroatoms. The highest BCUT2D eigenvalue weighted by molar-refractivity contribution is 8.00. The number of β-lactam (4-membered cyclic amide) rings is 1. The van der Waals surface area contributed by atoms with E-state index in [1.165, 1.54) is 48.0 Å². The number of benzene rings is 1. The monoisotopic (exact) mass is 393 g/mol. The van der Waals surface area contributed by atoms with Gasteiger partial charge in [-0.15, -0.1) is 11.8 Å². The maximum absolute atomic E-state index is 12.5. The Kier molecular flexibility index (Phi) is 5.40. The third kappa shape index (κ3) is 3.51. The van der Waals surface area contributed by atoms with E-state index >= 15 is 0 Å². The van der Waals surface area contributed by atoms with Crippen LogP contribution in [0.3, 0.4) is 0 Å². The number of amides is 2. The number of aliphatic carboxylic acids is 1. The largest absolute Gasteiger partial charge is 0.508 e. The Hall–Kier alpha value is -2.56. The molecule has 1 unspecified atom stereocenters. The SMILES string of the molecule is COCC1=C(C(=O)O)N2C(=O)C(NC(=O)[C@H](N)c3ccc(O)cc3)[C@H]2SC1. The Labute approximate surface area is 159 Å². The number of carboxylic acid groups (broad SMARTS) is 1. The molecule has 2 aliphatic heterocycles. The lowest BCUT2D eigenvalue weighted by molar-refractivity contribution is -0.151. The number of phenolic OH excluding ortho intramolecular Hbond substituents is 1. The summed E-state index contributed by atoms with van der Waals surface area (Å²) < 4.78 is 5.01. The van der Waals surface area contributed by atoms with Crippen molar-refractivity contribution in [2.45, 2.75) is 17.5 Å². The number of nitrogens with two attached hydrogens (primary N) is 1. The van der Waals surface area contributed by atoms with Crippen LogP contribution in [0.1, 0.15) is 11.6 Å². The molecule has 5 N–H and O–H groups in total. The van der Waals surface area contributed by atoms with Crippen LogP contribution in [0.25, 0.3) is 0 Å². The molecule has 9 nitrogen and oxygen atoms in total. The van der Waals surface area contributed by atoms with Crippen molar-refractivity contribution >= 4 is 29.5 Å². The number of methoxy groups -OCH3 is 1. The quantitative estimate of drug-likeness (QED) is 0.486. The molecule has 3 rings (SSSR count). The van der Waals surface area contributed by atoms with Crippen LogP contribution in [-0.2, 0) is 19.1 Å². The van der Waals surface area contributed by atoms with Gasteiger partial charge in [-0.05, 0) is 23.3 Å². The Morgan fingerprint density at radius 3 is 2.67 bits per heavy atom. The van der Waals surface area contributed by atoms with Crippen LogP contribution < -0.4 is 11.1 Å². The van der Waals surface area contributed by atoms with Crippen molar-refractivity contribution in [1.82, 2.24) is 10.2 Å². The number of phenols is 1. The lowest BCUT2D eigenvalue weighted by atomic mass is 10.0. The normalized spacial score (nSPS) is 22.7. The van der Waals surface area contributed by atoms with E-state index in [0.717, 1.165) is 0 Å². The number of carbonyl (C=O) groups excluding carboxylic acids is 2. The molecule has 1 aromatic rings. The van der Waals surface area contributed by atoms with Gasteiger partial charge in [-0.1, -0.05) is 12.1 Å². The lowest BCUT2D eigenvalue weighted by Crippen LogP contribution is -2.71. The van der Waals surface area contributed by atoms with Crippen LogP contribution in [0, 0.1) is 0 Å². The fourth-order valence-corrected chi connectivity index (χ4v) is 4.37. The van der Waals surface area contributed by atoms with Gasteiger partial charge in [-0.3, -0.25) is 14.5 Å². The van der Waals surface area contributed by atoms with Crippen LogP contribution in [0.5, 0.6) is 5.75 Å². The first-order chi connectivity index (χ1) is 12.8. The Morgan fingerprint density at radius 2 is 2.07 bits per heavy atom. The standard InChI is InChI=1S/C17H19N3O6S/c1-26-6-9-7-27-16-12(15(23)20(16)13(9)17(24)25)19-14(22)11(18)8-2-4-10(21)5-3-8/h2-5,11-12,16,21H,6-7,18H2,1H3,(H,19,22)(H,24,25)/t11-,12?,16-/m1/s1. The van der Waals surface area contributed by atoms with E-state index in [4.69, 9.17) is 10.5 Å². The summed E-state index contributed by atoms with van der Waals surface area (Å²) in [6.07, 6.45) is 0. The summed E-state index contributed by atoms with van der Waals surface area (Å²) in [4.78, 5) is 37.7. The summed E-state index contributed by atoms with van der Waals surface area (Å²) >= 11 is 1.36. The van der Waals surface area contributed by atoms with Gasteiger partial charge in [0.1, 0.15) is 28.9 Å². The molecular formula is C17H19N3O6S. The van der Waals surface area contributed by atoms with Gasteiger partial charge < -0.3 is 26.0 Å². The van der Waals surface area contributed by atoms with Crippen molar-refractivity contribution in [3.05, 3.63) is 41.1 Å². The first-order valence-corrected chi connectivity index (χ1v) is 9.13. The highest BCUT2D eigenvalue weighted by atomic mass is 32.2. The van der Waals surface area contributed by atoms with Crippen molar-refractivity contribution in [2.75, 3.05) is 19.5 Å². The molecule has 0 saturated carbocycles. The molecule has 1 saturated heterocycles. The van der Waals surface area contributed by atoms with E-state index in [1.807, 2.05) is 0 Å². The molecule has 0 bridgehead atoms. The van der Waals surface area contributed by atoms with Crippen molar-refractivity contribution < 1.29 is 29.3 Å². The molecule has 2 aliphatic rings. The molecule has 0 aromatic heterocycles. The molecule has 2 amide bonds. The molecule has 0 aliphatic carbocycles. The summed E-state index contributed by atoms with van der Waals surface area (Å²) in [5.74, 6) is -1.81. The van der Waals surface area contributed by atoms with Gasteiger partial charge in [0, 0.05) is 12.9 Å². The van der Waals surface area contributed by atoms with Crippen molar-refractivity contribution in [3.63, 3.8) is 0 Å². The fraction of sp³-hybridized carbons (Fsp3) is 0.353. The van der Waals surface area contributed by atoms with E-state index in [0.29, 0.717) is 16.9 Å². The molecule has 1 fully saturated rings. The van der Waals surface area contributed by atoms with Crippen LogP contribution in [0.15, 0.2) is 35.5 Å². The number of hydrogen-bond donors (Lipinski definition) is 4. The topological polar surface area (TPSA) is 142 Å². The summed E-state index contributed by atoms with van der Waals surface area (Å²) in [5, 5.41) is 20.9. The average molecular weight is 393 g/mol. The minimum atomic E-state index is -1.20. The summed E-state index contributed by atoms with van der Waals surface area (Å²) in [6.45, 7) is 0.119. The first-order valence-electron chi connectivity index (χ1n) is 8.09. The minimum Gasteiger partial charge on any atom is -0.508 e. The fourth-order valence-electron chi connectivity index (χ4n) is 3.04. The van der Waals surface area contributed by atoms with E-state index in [-0.39, 0.29) is 18.1 Å².